The fourth-order valence-corrected chi connectivity index (χ4v) is 1.50. The van der Waals surface area contributed by atoms with Gasteiger partial charge in [-0.1, -0.05) is 18.5 Å². The van der Waals surface area contributed by atoms with E-state index in [-0.39, 0.29) is 5.02 Å². The second kappa shape index (κ2) is 3.21. The summed E-state index contributed by atoms with van der Waals surface area (Å²) < 4.78 is 37.8. The summed E-state index contributed by atoms with van der Waals surface area (Å²) in [5.74, 6) is 0. The predicted octanol–water partition coefficient (Wildman–Crippen LogP) is 2.65. The molecule has 0 amide bonds. The van der Waals surface area contributed by atoms with Gasteiger partial charge in [0.25, 0.3) is 0 Å². The summed E-state index contributed by atoms with van der Waals surface area (Å²) in [5, 5.41) is 3.02. The number of rotatable bonds is 1. The van der Waals surface area contributed by atoms with Gasteiger partial charge in [0.15, 0.2) is 5.69 Å². The average Bonchev–Trinajstić information content (AvgIpc) is 2.25. The maximum atomic E-state index is 12.2. The van der Waals surface area contributed by atoms with Crippen molar-refractivity contribution in [3.05, 3.63) is 16.4 Å². The highest BCUT2D eigenvalue weighted by atomic mass is 35.5. The molecule has 0 radical (unpaired) electrons. The van der Waals surface area contributed by atoms with Crippen LogP contribution >= 0.6 is 11.6 Å². The zero-order valence-corrected chi connectivity index (χ0v) is 7.87. The molecular weight excluding hydrogens is 205 g/mol. The topological polar surface area (TPSA) is 17.8 Å². The number of hydrogen-bond acceptors (Lipinski definition) is 1. The first-order valence-electron chi connectivity index (χ1n) is 3.66. The molecule has 0 aliphatic heterocycles. The van der Waals surface area contributed by atoms with Crippen LogP contribution in [0.1, 0.15) is 18.3 Å². The molecule has 0 aliphatic carbocycles. The van der Waals surface area contributed by atoms with Gasteiger partial charge in [-0.05, 0) is 6.42 Å². The van der Waals surface area contributed by atoms with E-state index in [0.29, 0.717) is 12.1 Å². The van der Waals surface area contributed by atoms with Crippen LogP contribution < -0.4 is 0 Å². The lowest BCUT2D eigenvalue weighted by atomic mass is 10.3. The molecule has 1 heterocycles. The van der Waals surface area contributed by atoms with Crippen LogP contribution in [0.2, 0.25) is 5.02 Å². The fourth-order valence-electron chi connectivity index (χ4n) is 1.10. The predicted molar refractivity (Wildman–Crippen MR) is 42.6 cm³/mol. The van der Waals surface area contributed by atoms with Gasteiger partial charge in [0, 0.05) is 7.05 Å². The molecule has 0 fully saturated rings. The molecule has 1 aromatic heterocycles. The van der Waals surface area contributed by atoms with E-state index in [9.17, 15) is 13.2 Å². The van der Waals surface area contributed by atoms with Gasteiger partial charge in [-0.3, -0.25) is 4.68 Å². The lowest BCUT2D eigenvalue weighted by molar-refractivity contribution is -0.141. The number of aryl methyl sites for hydroxylation is 1. The van der Waals surface area contributed by atoms with Crippen molar-refractivity contribution in [2.45, 2.75) is 19.5 Å². The second-order valence-electron chi connectivity index (χ2n) is 2.58. The van der Waals surface area contributed by atoms with Gasteiger partial charge < -0.3 is 0 Å². The van der Waals surface area contributed by atoms with Crippen LogP contribution in [0.5, 0.6) is 0 Å². The Balaban J connectivity index is 3.26. The first-order valence-corrected chi connectivity index (χ1v) is 4.04. The van der Waals surface area contributed by atoms with Crippen LogP contribution in [-0.2, 0) is 19.6 Å². The first-order chi connectivity index (χ1) is 5.88. The first kappa shape index (κ1) is 10.4. The van der Waals surface area contributed by atoms with Crippen molar-refractivity contribution in [2.75, 3.05) is 0 Å². The van der Waals surface area contributed by atoms with E-state index < -0.39 is 11.9 Å². The van der Waals surface area contributed by atoms with Crippen LogP contribution in [0.4, 0.5) is 13.2 Å². The molecule has 0 unspecified atom stereocenters. The number of alkyl halides is 3. The summed E-state index contributed by atoms with van der Waals surface area (Å²) in [6.07, 6.45) is -4.04. The van der Waals surface area contributed by atoms with Gasteiger partial charge in [0.1, 0.15) is 0 Å². The number of halogens is 4. The highest BCUT2D eigenvalue weighted by Gasteiger charge is 2.38. The molecule has 0 bridgehead atoms. The number of hydrogen-bond donors (Lipinski definition) is 0. The molecule has 0 N–H and O–H groups in total. The van der Waals surface area contributed by atoms with E-state index >= 15 is 0 Å². The Kier molecular flexibility index (Phi) is 2.56. The Morgan fingerprint density at radius 3 is 2.23 bits per heavy atom. The third-order valence-electron chi connectivity index (χ3n) is 1.71. The van der Waals surface area contributed by atoms with E-state index in [1.54, 1.807) is 6.92 Å². The van der Waals surface area contributed by atoms with Crippen molar-refractivity contribution >= 4 is 11.6 Å². The molecule has 0 aromatic carbocycles. The maximum Gasteiger partial charge on any atom is 0.436 e. The zero-order valence-electron chi connectivity index (χ0n) is 7.11. The summed E-state index contributed by atoms with van der Waals surface area (Å²) in [6, 6.07) is 0. The minimum atomic E-state index is -4.47. The third-order valence-corrected chi connectivity index (χ3v) is 2.10. The van der Waals surface area contributed by atoms with E-state index in [1.165, 1.54) is 7.05 Å². The van der Waals surface area contributed by atoms with Crippen LogP contribution in [0.15, 0.2) is 0 Å². The molecule has 74 valence electrons. The molecule has 0 saturated heterocycles. The highest BCUT2D eigenvalue weighted by Crippen LogP contribution is 2.35. The summed E-state index contributed by atoms with van der Waals surface area (Å²) in [5.41, 5.74) is -0.609. The summed E-state index contributed by atoms with van der Waals surface area (Å²) >= 11 is 5.51. The number of aromatic nitrogens is 2. The molecular formula is C7H8ClF3N2. The Morgan fingerprint density at radius 1 is 1.46 bits per heavy atom. The van der Waals surface area contributed by atoms with Crippen molar-refractivity contribution < 1.29 is 13.2 Å². The Bertz CT molecular complexity index is 316. The molecule has 1 aromatic rings. The molecule has 1 rings (SSSR count). The normalized spacial score (nSPS) is 12.2. The molecule has 0 aliphatic rings. The van der Waals surface area contributed by atoms with E-state index in [4.69, 9.17) is 11.6 Å². The Hall–Kier alpha value is -0.710. The lowest BCUT2D eigenvalue weighted by Gasteiger charge is -2.01. The molecule has 2 nitrogen and oxygen atoms in total. The Labute approximate surface area is 78.3 Å². The molecule has 0 spiro atoms. The van der Waals surface area contributed by atoms with Gasteiger partial charge in [0.05, 0.1) is 10.7 Å². The van der Waals surface area contributed by atoms with Crippen molar-refractivity contribution in [1.29, 1.82) is 0 Å². The summed E-state index contributed by atoms with van der Waals surface area (Å²) in [7, 11) is 1.44. The SMILES string of the molecule is CCc1c(Cl)c(C(F)(F)F)nn1C. The molecule has 0 atom stereocenters. The average molecular weight is 213 g/mol. The highest BCUT2D eigenvalue weighted by molar-refractivity contribution is 6.32. The Morgan fingerprint density at radius 2 is 2.00 bits per heavy atom. The molecule has 13 heavy (non-hydrogen) atoms. The summed E-state index contributed by atoms with van der Waals surface area (Å²) in [6.45, 7) is 1.73. The van der Waals surface area contributed by atoms with Crippen molar-refractivity contribution in [3.63, 3.8) is 0 Å². The summed E-state index contributed by atoms with van der Waals surface area (Å²) in [4.78, 5) is 0. The van der Waals surface area contributed by atoms with Gasteiger partial charge in [-0.25, -0.2) is 0 Å². The van der Waals surface area contributed by atoms with E-state index in [0.717, 1.165) is 4.68 Å². The zero-order chi connectivity index (χ0) is 10.2. The van der Waals surface area contributed by atoms with Crippen LogP contribution in [0.3, 0.4) is 0 Å². The minimum absolute atomic E-state index is 0.294. The lowest BCUT2D eigenvalue weighted by Crippen LogP contribution is -2.07. The molecule has 0 saturated carbocycles. The largest absolute Gasteiger partial charge is 0.436 e. The molecule has 6 heteroatoms. The number of nitrogens with zero attached hydrogens (tertiary/aromatic N) is 2. The van der Waals surface area contributed by atoms with Crippen LogP contribution in [0.25, 0.3) is 0 Å². The minimum Gasteiger partial charge on any atom is -0.271 e. The van der Waals surface area contributed by atoms with Crippen molar-refractivity contribution in [3.8, 4) is 0 Å². The van der Waals surface area contributed by atoms with Crippen LogP contribution in [0, 0.1) is 0 Å². The van der Waals surface area contributed by atoms with Crippen molar-refractivity contribution in [2.24, 2.45) is 7.05 Å². The third kappa shape index (κ3) is 1.80. The maximum absolute atomic E-state index is 12.2. The van der Waals surface area contributed by atoms with Gasteiger partial charge in [-0.15, -0.1) is 0 Å². The van der Waals surface area contributed by atoms with Gasteiger partial charge in [-0.2, -0.15) is 18.3 Å². The second-order valence-corrected chi connectivity index (χ2v) is 2.96. The smallest absolute Gasteiger partial charge is 0.271 e. The van der Waals surface area contributed by atoms with E-state index in [2.05, 4.69) is 5.10 Å². The fraction of sp³-hybridized carbons (Fsp3) is 0.571. The quantitative estimate of drug-likeness (QED) is 0.700. The van der Waals surface area contributed by atoms with Gasteiger partial charge >= 0.3 is 6.18 Å². The van der Waals surface area contributed by atoms with Crippen molar-refractivity contribution in [1.82, 2.24) is 9.78 Å². The standard InChI is InChI=1S/C7H8ClF3N2/c1-3-4-5(8)6(7(9,10)11)12-13(4)2/h3H2,1-2H3. The van der Waals surface area contributed by atoms with Crippen LogP contribution in [-0.4, -0.2) is 9.78 Å². The monoisotopic (exact) mass is 212 g/mol. The van der Waals surface area contributed by atoms with Gasteiger partial charge in [0.2, 0.25) is 0 Å². The van der Waals surface area contributed by atoms with E-state index in [1.807, 2.05) is 0 Å².